The van der Waals surface area contributed by atoms with Gasteiger partial charge in [-0.25, -0.2) is 0 Å². The lowest BCUT2D eigenvalue weighted by Gasteiger charge is -2.40. The highest BCUT2D eigenvalue weighted by Gasteiger charge is 2.48. The number of hydrogen-bond acceptors (Lipinski definition) is 6. The summed E-state index contributed by atoms with van der Waals surface area (Å²) in [6.07, 6.45) is -5.09. The number of morpholine rings is 1. The molecule has 0 radical (unpaired) electrons. The zero-order chi connectivity index (χ0) is 21.5. The van der Waals surface area contributed by atoms with E-state index in [0.29, 0.717) is 0 Å². The lowest BCUT2D eigenvalue weighted by Crippen LogP contribution is -2.55. The van der Waals surface area contributed by atoms with E-state index in [1.807, 2.05) is 0 Å². The summed E-state index contributed by atoms with van der Waals surface area (Å²) in [4.78, 5) is 31.3. The third kappa shape index (κ3) is 4.10. The van der Waals surface area contributed by atoms with Gasteiger partial charge < -0.3 is 14.5 Å². The van der Waals surface area contributed by atoms with Crippen LogP contribution in [0.2, 0.25) is 0 Å². The van der Waals surface area contributed by atoms with E-state index < -0.39 is 48.3 Å². The molecular weight excluding hydrogens is 396 g/mol. The van der Waals surface area contributed by atoms with Gasteiger partial charge in [0.1, 0.15) is 6.04 Å². The zero-order valence-corrected chi connectivity index (χ0v) is 16.5. The van der Waals surface area contributed by atoms with Gasteiger partial charge in [-0.2, -0.15) is 22.5 Å². The Bertz CT molecular complexity index is 840. The summed E-state index contributed by atoms with van der Waals surface area (Å²) in [6, 6.07) is -2.28. The van der Waals surface area contributed by atoms with Crippen LogP contribution in [0, 0.1) is 11.7 Å². The second-order valence-electron chi connectivity index (χ2n) is 7.72. The van der Waals surface area contributed by atoms with Gasteiger partial charge in [0.2, 0.25) is 11.8 Å². The number of carbonyl (C=O) groups is 1. The topological polar surface area (TPSA) is 67.7 Å². The predicted molar refractivity (Wildman–Crippen MR) is 97.7 cm³/mol. The maximum Gasteiger partial charge on any atom is 0.408 e. The second kappa shape index (κ2) is 7.92. The number of carbonyl (C=O) groups excluding carboxylic acids is 1. The van der Waals surface area contributed by atoms with Crippen molar-refractivity contribution < 1.29 is 27.1 Å². The quantitative estimate of drug-likeness (QED) is 0.694. The molecule has 0 unspecified atom stereocenters. The zero-order valence-electron chi connectivity index (χ0n) is 16.5. The van der Waals surface area contributed by atoms with E-state index in [9.17, 15) is 27.2 Å². The first-order valence-corrected chi connectivity index (χ1v) is 9.53. The van der Waals surface area contributed by atoms with Gasteiger partial charge in [-0.3, -0.25) is 14.2 Å². The molecule has 0 saturated carbocycles. The van der Waals surface area contributed by atoms with Crippen LogP contribution in [0.3, 0.4) is 0 Å². The molecule has 1 fully saturated rings. The molecule has 0 aromatic carbocycles. The Morgan fingerprint density at radius 1 is 1.31 bits per heavy atom. The summed E-state index contributed by atoms with van der Waals surface area (Å²) < 4.78 is 62.0. The molecule has 29 heavy (non-hydrogen) atoms. The Hall–Kier alpha value is -2.17. The molecule has 0 aliphatic carbocycles. The minimum atomic E-state index is -4.62. The summed E-state index contributed by atoms with van der Waals surface area (Å²) in [5.41, 5.74) is -1.04. The Labute approximate surface area is 165 Å². The Kier molecular flexibility index (Phi) is 5.88. The van der Waals surface area contributed by atoms with Gasteiger partial charge in [0, 0.05) is 19.0 Å². The minimum Gasteiger partial charge on any atom is -0.377 e. The fourth-order valence-corrected chi connectivity index (χ4v) is 3.58. The number of alkyl halides is 3. The molecule has 3 rings (SSSR count). The molecule has 7 nitrogen and oxygen atoms in total. The van der Waals surface area contributed by atoms with E-state index in [4.69, 9.17) is 4.74 Å². The first kappa shape index (κ1) is 21.5. The minimum absolute atomic E-state index is 0.252. The van der Waals surface area contributed by atoms with Crippen molar-refractivity contribution in [3.63, 3.8) is 0 Å². The van der Waals surface area contributed by atoms with Gasteiger partial charge in [0.25, 0.3) is 5.56 Å². The summed E-state index contributed by atoms with van der Waals surface area (Å²) in [5.74, 6) is -2.66. The van der Waals surface area contributed by atoms with Crippen LogP contribution in [0.25, 0.3) is 0 Å². The summed E-state index contributed by atoms with van der Waals surface area (Å²) in [5, 5.41) is 0. The van der Waals surface area contributed by atoms with E-state index >= 15 is 0 Å². The van der Waals surface area contributed by atoms with Crippen LogP contribution in [0.1, 0.15) is 27.2 Å². The highest BCUT2D eigenvalue weighted by molar-refractivity contribution is 5.85. The number of anilines is 2. The Balaban J connectivity index is 2.13. The molecule has 2 atom stereocenters. The monoisotopic (exact) mass is 420 g/mol. The highest BCUT2D eigenvalue weighted by atomic mass is 19.4. The van der Waals surface area contributed by atoms with Crippen molar-refractivity contribution >= 4 is 17.5 Å². The normalized spacial score (nSPS) is 22.8. The third-order valence-electron chi connectivity index (χ3n) is 5.32. The Morgan fingerprint density at radius 2 is 2.00 bits per heavy atom. The van der Waals surface area contributed by atoms with Gasteiger partial charge in [-0.15, -0.1) is 0 Å². The first-order chi connectivity index (χ1) is 13.5. The SMILES string of the molecule is CC(C)C(=O)CN1c2nc(N3CCOC[C@H]3C)c(F)c(=O)n2CC[C@H]1C(F)(F)F. The van der Waals surface area contributed by atoms with Crippen molar-refractivity contribution in [1.29, 1.82) is 0 Å². The predicted octanol–water partition coefficient (Wildman–Crippen LogP) is 1.97. The molecule has 1 saturated heterocycles. The number of halogens is 4. The van der Waals surface area contributed by atoms with E-state index in [1.165, 1.54) is 4.90 Å². The molecule has 0 bridgehead atoms. The maximum absolute atomic E-state index is 14.8. The average molecular weight is 420 g/mol. The highest BCUT2D eigenvalue weighted by Crippen LogP contribution is 2.35. The van der Waals surface area contributed by atoms with Crippen molar-refractivity contribution in [2.24, 2.45) is 5.92 Å². The number of ether oxygens (including phenoxy) is 1. The van der Waals surface area contributed by atoms with Crippen molar-refractivity contribution in [3.05, 3.63) is 16.2 Å². The molecule has 11 heteroatoms. The first-order valence-electron chi connectivity index (χ1n) is 9.53. The van der Waals surface area contributed by atoms with Crippen LogP contribution < -0.4 is 15.4 Å². The second-order valence-corrected chi connectivity index (χ2v) is 7.72. The van der Waals surface area contributed by atoms with Crippen molar-refractivity contribution in [2.45, 2.75) is 52.0 Å². The molecule has 0 N–H and O–H groups in total. The summed E-state index contributed by atoms with van der Waals surface area (Å²) in [7, 11) is 0. The van der Waals surface area contributed by atoms with E-state index in [-0.39, 0.29) is 44.1 Å². The summed E-state index contributed by atoms with van der Waals surface area (Å²) in [6.45, 7) is 4.84. The van der Waals surface area contributed by atoms with Gasteiger partial charge >= 0.3 is 6.18 Å². The molecular formula is C18H24F4N4O3. The number of fused-ring (bicyclic) bond motifs is 1. The van der Waals surface area contributed by atoms with Crippen LogP contribution in [0.5, 0.6) is 0 Å². The fraction of sp³-hybridized carbons (Fsp3) is 0.722. The fourth-order valence-electron chi connectivity index (χ4n) is 3.58. The average Bonchev–Trinajstić information content (AvgIpc) is 2.64. The molecule has 3 heterocycles. The smallest absolute Gasteiger partial charge is 0.377 e. The van der Waals surface area contributed by atoms with Gasteiger partial charge in [-0.1, -0.05) is 13.8 Å². The van der Waals surface area contributed by atoms with E-state index in [1.54, 1.807) is 20.8 Å². The molecule has 2 aliphatic heterocycles. The third-order valence-corrected chi connectivity index (χ3v) is 5.32. The van der Waals surface area contributed by atoms with Crippen LogP contribution in [0.15, 0.2) is 4.79 Å². The van der Waals surface area contributed by atoms with Crippen LogP contribution in [-0.4, -0.2) is 59.9 Å². The van der Waals surface area contributed by atoms with Crippen molar-refractivity contribution in [2.75, 3.05) is 36.1 Å². The van der Waals surface area contributed by atoms with Gasteiger partial charge in [-0.05, 0) is 13.3 Å². The van der Waals surface area contributed by atoms with E-state index in [2.05, 4.69) is 4.98 Å². The number of Topliss-reactive ketones (excluding diaryl/α,β-unsaturated/α-hetero) is 1. The number of hydrogen-bond donors (Lipinski definition) is 0. The van der Waals surface area contributed by atoms with Crippen LogP contribution in [0.4, 0.5) is 29.3 Å². The molecule has 2 aliphatic rings. The molecule has 0 spiro atoms. The number of nitrogens with zero attached hydrogens (tertiary/aromatic N) is 4. The number of ketones is 1. The lowest BCUT2D eigenvalue weighted by molar-refractivity contribution is -0.153. The largest absolute Gasteiger partial charge is 0.408 e. The number of rotatable bonds is 4. The van der Waals surface area contributed by atoms with E-state index in [0.717, 1.165) is 9.47 Å². The standard InChI is InChI=1S/C18H24F4N4O3/c1-10(2)12(27)8-26-13(18(20,21)22)4-5-25-16(28)14(19)15(23-17(25)26)24-6-7-29-9-11(24)3/h10-11,13H,4-9H2,1-3H3/t11-,13+/m1/s1. The molecule has 1 aromatic rings. The Morgan fingerprint density at radius 3 is 2.59 bits per heavy atom. The van der Waals surface area contributed by atoms with Crippen LogP contribution in [-0.2, 0) is 16.1 Å². The lowest BCUT2D eigenvalue weighted by atomic mass is 10.1. The van der Waals surface area contributed by atoms with Crippen molar-refractivity contribution in [1.82, 2.24) is 9.55 Å². The summed E-state index contributed by atoms with van der Waals surface area (Å²) >= 11 is 0. The van der Waals surface area contributed by atoms with Gasteiger partial charge in [0.15, 0.2) is 11.6 Å². The molecule has 162 valence electrons. The number of aromatic nitrogens is 2. The maximum atomic E-state index is 14.8. The molecule has 1 aromatic heterocycles. The van der Waals surface area contributed by atoms with Crippen LogP contribution >= 0.6 is 0 Å². The molecule has 0 amide bonds. The van der Waals surface area contributed by atoms with Crippen molar-refractivity contribution in [3.8, 4) is 0 Å². The van der Waals surface area contributed by atoms with Gasteiger partial charge in [0.05, 0.1) is 25.8 Å².